The standard InChI is InChI=1S/C14H21NO2/c1-3-4-5-6-13(15)11-7-9-12(10-8-11)14(16)17-2/h7-10,13H,3-6,15H2,1-2H3/t13-/m1/s1. The number of carbonyl (C=O) groups is 1. The van der Waals surface area contributed by atoms with Crippen molar-refractivity contribution in [2.75, 3.05) is 7.11 Å². The van der Waals surface area contributed by atoms with Gasteiger partial charge in [0.05, 0.1) is 12.7 Å². The Bertz CT molecular complexity index is 346. The van der Waals surface area contributed by atoms with Gasteiger partial charge in [-0.2, -0.15) is 0 Å². The van der Waals surface area contributed by atoms with E-state index in [0.717, 1.165) is 18.4 Å². The minimum absolute atomic E-state index is 0.0632. The molecule has 0 amide bonds. The van der Waals surface area contributed by atoms with E-state index in [1.807, 2.05) is 12.1 Å². The minimum atomic E-state index is -0.309. The Morgan fingerprint density at radius 1 is 1.29 bits per heavy atom. The molecule has 0 bridgehead atoms. The fourth-order valence-electron chi connectivity index (χ4n) is 1.77. The normalized spacial score (nSPS) is 12.2. The van der Waals surface area contributed by atoms with Crippen molar-refractivity contribution in [1.82, 2.24) is 0 Å². The summed E-state index contributed by atoms with van der Waals surface area (Å²) in [6, 6.07) is 7.40. The molecule has 1 aromatic carbocycles. The van der Waals surface area contributed by atoms with Crippen molar-refractivity contribution >= 4 is 5.97 Å². The van der Waals surface area contributed by atoms with Crippen molar-refractivity contribution in [3.8, 4) is 0 Å². The first-order valence-electron chi connectivity index (χ1n) is 6.13. The molecule has 3 nitrogen and oxygen atoms in total. The van der Waals surface area contributed by atoms with Gasteiger partial charge in [0.25, 0.3) is 0 Å². The van der Waals surface area contributed by atoms with Crippen LogP contribution in [0.2, 0.25) is 0 Å². The molecule has 0 radical (unpaired) electrons. The summed E-state index contributed by atoms with van der Waals surface area (Å²) in [5, 5.41) is 0. The maximum absolute atomic E-state index is 11.3. The summed E-state index contributed by atoms with van der Waals surface area (Å²) in [5.41, 5.74) is 7.72. The second-order valence-electron chi connectivity index (χ2n) is 4.22. The molecular weight excluding hydrogens is 214 g/mol. The van der Waals surface area contributed by atoms with E-state index in [9.17, 15) is 4.79 Å². The summed E-state index contributed by atoms with van der Waals surface area (Å²) in [5.74, 6) is -0.309. The van der Waals surface area contributed by atoms with Gasteiger partial charge in [0.2, 0.25) is 0 Å². The Morgan fingerprint density at radius 2 is 1.94 bits per heavy atom. The van der Waals surface area contributed by atoms with Gasteiger partial charge in [-0.3, -0.25) is 0 Å². The number of nitrogens with two attached hydrogens (primary N) is 1. The highest BCUT2D eigenvalue weighted by atomic mass is 16.5. The molecule has 3 heteroatoms. The molecular formula is C14H21NO2. The molecule has 0 aliphatic carbocycles. The number of ether oxygens (including phenoxy) is 1. The average molecular weight is 235 g/mol. The van der Waals surface area contributed by atoms with Gasteiger partial charge in [-0.15, -0.1) is 0 Å². The first-order chi connectivity index (χ1) is 8.19. The monoisotopic (exact) mass is 235 g/mol. The lowest BCUT2D eigenvalue weighted by Crippen LogP contribution is -2.10. The van der Waals surface area contributed by atoms with Crippen molar-refractivity contribution in [3.63, 3.8) is 0 Å². The summed E-state index contributed by atoms with van der Waals surface area (Å²) < 4.78 is 4.65. The second kappa shape index (κ2) is 7.07. The van der Waals surface area contributed by atoms with Crippen LogP contribution in [0.5, 0.6) is 0 Å². The van der Waals surface area contributed by atoms with Gasteiger partial charge in [-0.25, -0.2) is 4.79 Å². The maximum atomic E-state index is 11.3. The molecule has 1 rings (SSSR count). The predicted octanol–water partition coefficient (Wildman–Crippen LogP) is 3.05. The molecule has 0 saturated heterocycles. The van der Waals surface area contributed by atoms with E-state index in [-0.39, 0.29) is 12.0 Å². The minimum Gasteiger partial charge on any atom is -0.465 e. The van der Waals surface area contributed by atoms with Crippen molar-refractivity contribution < 1.29 is 9.53 Å². The number of benzene rings is 1. The van der Waals surface area contributed by atoms with Gasteiger partial charge in [0.15, 0.2) is 0 Å². The van der Waals surface area contributed by atoms with Crippen molar-refractivity contribution in [2.24, 2.45) is 5.73 Å². The van der Waals surface area contributed by atoms with Crippen molar-refractivity contribution in [2.45, 2.75) is 38.6 Å². The third-order valence-corrected chi connectivity index (χ3v) is 2.88. The topological polar surface area (TPSA) is 52.3 Å². The molecule has 0 aliphatic rings. The van der Waals surface area contributed by atoms with Crippen LogP contribution in [0.1, 0.15) is 54.6 Å². The highest BCUT2D eigenvalue weighted by Crippen LogP contribution is 2.18. The van der Waals surface area contributed by atoms with Crippen LogP contribution in [0.3, 0.4) is 0 Å². The number of hydrogen-bond acceptors (Lipinski definition) is 3. The molecule has 0 fully saturated rings. The summed E-state index contributed by atoms with van der Waals surface area (Å²) in [6.45, 7) is 2.18. The zero-order valence-electron chi connectivity index (χ0n) is 10.6. The number of esters is 1. The molecule has 2 N–H and O–H groups in total. The van der Waals surface area contributed by atoms with E-state index in [0.29, 0.717) is 5.56 Å². The third kappa shape index (κ3) is 4.19. The van der Waals surface area contributed by atoms with E-state index in [1.165, 1.54) is 20.0 Å². The largest absolute Gasteiger partial charge is 0.465 e. The molecule has 0 aliphatic heterocycles. The van der Waals surface area contributed by atoms with E-state index >= 15 is 0 Å². The zero-order valence-corrected chi connectivity index (χ0v) is 10.6. The fraction of sp³-hybridized carbons (Fsp3) is 0.500. The van der Waals surface area contributed by atoms with Gasteiger partial charge in [0, 0.05) is 6.04 Å². The molecule has 1 atom stereocenters. The van der Waals surface area contributed by atoms with E-state index < -0.39 is 0 Å². The lowest BCUT2D eigenvalue weighted by molar-refractivity contribution is 0.0600. The molecule has 17 heavy (non-hydrogen) atoms. The van der Waals surface area contributed by atoms with Crippen LogP contribution < -0.4 is 5.73 Å². The third-order valence-electron chi connectivity index (χ3n) is 2.88. The highest BCUT2D eigenvalue weighted by molar-refractivity contribution is 5.89. The Kier molecular flexibility index (Phi) is 5.70. The summed E-state index contributed by atoms with van der Waals surface area (Å²) in [4.78, 5) is 11.3. The van der Waals surface area contributed by atoms with Gasteiger partial charge >= 0.3 is 5.97 Å². The van der Waals surface area contributed by atoms with Crippen LogP contribution >= 0.6 is 0 Å². The van der Waals surface area contributed by atoms with Crippen LogP contribution in [-0.2, 0) is 4.74 Å². The summed E-state index contributed by atoms with van der Waals surface area (Å²) >= 11 is 0. The number of hydrogen-bond donors (Lipinski definition) is 1. The fourth-order valence-corrected chi connectivity index (χ4v) is 1.77. The Morgan fingerprint density at radius 3 is 2.47 bits per heavy atom. The summed E-state index contributed by atoms with van der Waals surface area (Å²) in [7, 11) is 1.38. The van der Waals surface area contributed by atoms with Crippen LogP contribution in [0, 0.1) is 0 Å². The average Bonchev–Trinajstić information content (AvgIpc) is 2.38. The zero-order chi connectivity index (χ0) is 12.7. The predicted molar refractivity (Wildman–Crippen MR) is 68.9 cm³/mol. The molecule has 0 spiro atoms. The Balaban J connectivity index is 2.57. The second-order valence-corrected chi connectivity index (χ2v) is 4.22. The molecule has 0 saturated carbocycles. The number of rotatable bonds is 6. The van der Waals surface area contributed by atoms with Gasteiger partial charge in [0.1, 0.15) is 0 Å². The van der Waals surface area contributed by atoms with Gasteiger partial charge in [-0.05, 0) is 24.1 Å². The number of unbranched alkanes of at least 4 members (excludes halogenated alkanes) is 2. The lowest BCUT2D eigenvalue weighted by Gasteiger charge is -2.12. The number of carbonyl (C=O) groups excluding carboxylic acids is 1. The van der Waals surface area contributed by atoms with Crippen LogP contribution in [0.25, 0.3) is 0 Å². The highest BCUT2D eigenvalue weighted by Gasteiger charge is 2.08. The van der Waals surface area contributed by atoms with E-state index in [4.69, 9.17) is 5.73 Å². The van der Waals surface area contributed by atoms with Crippen molar-refractivity contribution in [3.05, 3.63) is 35.4 Å². The van der Waals surface area contributed by atoms with Gasteiger partial charge in [-0.1, -0.05) is 38.3 Å². The quantitative estimate of drug-likeness (QED) is 0.609. The van der Waals surface area contributed by atoms with Crippen molar-refractivity contribution in [1.29, 1.82) is 0 Å². The van der Waals surface area contributed by atoms with Gasteiger partial charge < -0.3 is 10.5 Å². The molecule has 0 heterocycles. The summed E-state index contributed by atoms with van der Waals surface area (Å²) in [6.07, 6.45) is 4.56. The molecule has 94 valence electrons. The van der Waals surface area contributed by atoms with E-state index in [1.54, 1.807) is 12.1 Å². The lowest BCUT2D eigenvalue weighted by atomic mass is 10.0. The molecule has 1 aromatic rings. The molecule has 0 aromatic heterocycles. The van der Waals surface area contributed by atoms with Crippen LogP contribution in [-0.4, -0.2) is 13.1 Å². The number of methoxy groups -OCH3 is 1. The SMILES string of the molecule is CCCCC[C@@H](N)c1ccc(C(=O)OC)cc1. The maximum Gasteiger partial charge on any atom is 0.337 e. The first-order valence-corrected chi connectivity index (χ1v) is 6.13. The Hall–Kier alpha value is -1.35. The van der Waals surface area contributed by atoms with Crippen LogP contribution in [0.4, 0.5) is 0 Å². The van der Waals surface area contributed by atoms with E-state index in [2.05, 4.69) is 11.7 Å². The Labute approximate surface area is 103 Å². The first kappa shape index (κ1) is 13.7. The van der Waals surface area contributed by atoms with Crippen LogP contribution in [0.15, 0.2) is 24.3 Å². The smallest absolute Gasteiger partial charge is 0.337 e. The molecule has 0 unspecified atom stereocenters.